The predicted molar refractivity (Wildman–Crippen MR) is 56.8 cm³/mol. The molecule has 2 aliphatic rings. The molecule has 0 radical (unpaired) electrons. The lowest BCUT2D eigenvalue weighted by Gasteiger charge is -2.04. The molecule has 0 bridgehead atoms. The van der Waals surface area contributed by atoms with Gasteiger partial charge < -0.3 is 5.32 Å². The van der Waals surface area contributed by atoms with E-state index in [0.29, 0.717) is 0 Å². The second-order valence-corrected chi connectivity index (χ2v) is 4.90. The van der Waals surface area contributed by atoms with E-state index in [2.05, 4.69) is 28.9 Å². The van der Waals surface area contributed by atoms with Crippen LogP contribution in [0.5, 0.6) is 0 Å². The van der Waals surface area contributed by atoms with Crippen molar-refractivity contribution in [1.29, 1.82) is 0 Å². The first-order valence-corrected chi connectivity index (χ1v) is 5.77. The van der Waals surface area contributed by atoms with Crippen LogP contribution in [-0.4, -0.2) is 13.1 Å². The van der Waals surface area contributed by atoms with Crippen molar-refractivity contribution in [2.24, 2.45) is 11.8 Å². The van der Waals surface area contributed by atoms with Crippen LogP contribution in [-0.2, 0) is 0 Å². The number of hydrogen-bond acceptors (Lipinski definition) is 2. The maximum Gasteiger partial charge on any atom is 0.0299 e. The van der Waals surface area contributed by atoms with Gasteiger partial charge in [-0.3, -0.25) is 0 Å². The molecule has 68 valence electrons. The summed E-state index contributed by atoms with van der Waals surface area (Å²) >= 11 is 1.87. The lowest BCUT2D eigenvalue weighted by molar-refractivity contribution is 0.536. The number of nitrogens with one attached hydrogen (secondary N) is 1. The van der Waals surface area contributed by atoms with Crippen LogP contribution in [0.4, 0.5) is 0 Å². The maximum absolute atomic E-state index is 3.45. The third-order valence-corrected chi connectivity index (χ3v) is 4.07. The highest BCUT2D eigenvalue weighted by Gasteiger charge is 2.31. The van der Waals surface area contributed by atoms with Crippen LogP contribution in [0.15, 0.2) is 23.6 Å². The minimum Gasteiger partial charge on any atom is -0.316 e. The summed E-state index contributed by atoms with van der Waals surface area (Å²) in [5, 5.41) is 5.62. The van der Waals surface area contributed by atoms with Gasteiger partial charge >= 0.3 is 0 Å². The van der Waals surface area contributed by atoms with Gasteiger partial charge in [-0.25, -0.2) is 0 Å². The van der Waals surface area contributed by atoms with Crippen LogP contribution in [0.1, 0.15) is 11.3 Å². The maximum atomic E-state index is 3.45. The molecule has 1 aromatic rings. The Labute approximate surface area is 82.5 Å². The molecule has 1 N–H and O–H groups in total. The quantitative estimate of drug-likeness (QED) is 0.718. The third-order valence-electron chi connectivity index (χ3n) is 3.13. The average molecular weight is 191 g/mol. The Morgan fingerprint density at radius 1 is 1.38 bits per heavy atom. The van der Waals surface area contributed by atoms with Crippen LogP contribution < -0.4 is 5.32 Å². The first kappa shape index (κ1) is 7.77. The van der Waals surface area contributed by atoms with Crippen LogP contribution in [0, 0.1) is 11.8 Å². The summed E-state index contributed by atoms with van der Waals surface area (Å²) in [6.45, 7) is 2.41. The van der Waals surface area contributed by atoms with Gasteiger partial charge in [0, 0.05) is 11.4 Å². The topological polar surface area (TPSA) is 12.0 Å². The van der Waals surface area contributed by atoms with E-state index in [0.717, 1.165) is 11.8 Å². The van der Waals surface area contributed by atoms with Gasteiger partial charge in [0.2, 0.25) is 0 Å². The molecule has 0 amide bonds. The Balaban J connectivity index is 1.88. The van der Waals surface area contributed by atoms with E-state index in [1.165, 1.54) is 24.4 Å². The lowest BCUT2D eigenvalue weighted by Crippen LogP contribution is -2.08. The molecule has 3 rings (SSSR count). The summed E-state index contributed by atoms with van der Waals surface area (Å²) in [6, 6.07) is 4.39. The molecule has 1 fully saturated rings. The highest BCUT2D eigenvalue weighted by Crippen LogP contribution is 2.39. The SMILES string of the molecule is C1=C(c2cccs2)C[C@H]2CNC[C@@H]12. The fourth-order valence-corrected chi connectivity index (χ4v) is 3.19. The zero-order valence-electron chi connectivity index (χ0n) is 7.49. The van der Waals surface area contributed by atoms with Gasteiger partial charge in [0.05, 0.1) is 0 Å². The van der Waals surface area contributed by atoms with E-state index in [1.807, 2.05) is 11.3 Å². The van der Waals surface area contributed by atoms with Crippen molar-refractivity contribution in [3.63, 3.8) is 0 Å². The fraction of sp³-hybridized carbons (Fsp3) is 0.455. The number of thiophene rings is 1. The van der Waals surface area contributed by atoms with E-state index < -0.39 is 0 Å². The molecule has 2 atom stereocenters. The van der Waals surface area contributed by atoms with Gasteiger partial charge in [-0.15, -0.1) is 11.3 Å². The standard InChI is InChI=1S/C11H13NS/c1-2-11(13-3-1)8-4-9-6-12-7-10(9)5-8/h1-4,9-10,12H,5-7H2/t9-,10+/m1/s1. The largest absolute Gasteiger partial charge is 0.316 e. The van der Waals surface area contributed by atoms with Crippen LogP contribution in [0.3, 0.4) is 0 Å². The fourth-order valence-electron chi connectivity index (χ4n) is 2.42. The number of rotatable bonds is 1. The molecular formula is C11H13NS. The van der Waals surface area contributed by atoms with Crippen LogP contribution >= 0.6 is 11.3 Å². The van der Waals surface area contributed by atoms with E-state index in [9.17, 15) is 0 Å². The summed E-state index contributed by atoms with van der Waals surface area (Å²) in [5.74, 6) is 1.70. The Hall–Kier alpha value is -0.600. The smallest absolute Gasteiger partial charge is 0.0299 e. The summed E-state index contributed by atoms with van der Waals surface area (Å²) < 4.78 is 0. The van der Waals surface area contributed by atoms with Crippen molar-refractivity contribution in [2.75, 3.05) is 13.1 Å². The van der Waals surface area contributed by atoms with Crippen molar-refractivity contribution in [2.45, 2.75) is 6.42 Å². The second-order valence-electron chi connectivity index (χ2n) is 3.96. The van der Waals surface area contributed by atoms with E-state index >= 15 is 0 Å². The van der Waals surface area contributed by atoms with Crippen molar-refractivity contribution in [1.82, 2.24) is 5.32 Å². The summed E-state index contributed by atoms with van der Waals surface area (Å²) in [4.78, 5) is 1.48. The molecule has 1 aromatic heterocycles. The molecule has 13 heavy (non-hydrogen) atoms. The number of allylic oxidation sites excluding steroid dienone is 1. The monoisotopic (exact) mass is 191 g/mol. The Bertz CT molecular complexity index is 326. The molecule has 1 nitrogen and oxygen atoms in total. The van der Waals surface area contributed by atoms with Gasteiger partial charge in [-0.1, -0.05) is 12.1 Å². The molecule has 1 saturated heterocycles. The van der Waals surface area contributed by atoms with Crippen molar-refractivity contribution >= 4 is 16.9 Å². The Kier molecular flexibility index (Phi) is 1.77. The normalized spacial score (nSPS) is 31.8. The van der Waals surface area contributed by atoms with Crippen molar-refractivity contribution in [3.05, 3.63) is 28.5 Å². The highest BCUT2D eigenvalue weighted by atomic mass is 32.1. The molecule has 0 spiro atoms. The summed E-state index contributed by atoms with van der Waals surface area (Å²) in [6.07, 6.45) is 3.77. The molecule has 0 unspecified atom stereocenters. The van der Waals surface area contributed by atoms with E-state index in [1.54, 1.807) is 5.57 Å². The van der Waals surface area contributed by atoms with Crippen LogP contribution in [0.2, 0.25) is 0 Å². The van der Waals surface area contributed by atoms with E-state index in [4.69, 9.17) is 0 Å². The zero-order chi connectivity index (χ0) is 8.67. The van der Waals surface area contributed by atoms with Crippen molar-refractivity contribution < 1.29 is 0 Å². The molecule has 2 heteroatoms. The van der Waals surface area contributed by atoms with Crippen molar-refractivity contribution in [3.8, 4) is 0 Å². The van der Waals surface area contributed by atoms with Gasteiger partial charge in [0.25, 0.3) is 0 Å². The number of fused-ring (bicyclic) bond motifs is 1. The molecule has 2 heterocycles. The molecular weight excluding hydrogens is 178 g/mol. The van der Waals surface area contributed by atoms with Gasteiger partial charge in [0.1, 0.15) is 0 Å². The van der Waals surface area contributed by atoms with E-state index in [-0.39, 0.29) is 0 Å². The van der Waals surface area contributed by atoms with Crippen LogP contribution in [0.25, 0.3) is 5.57 Å². The summed E-state index contributed by atoms with van der Waals surface area (Å²) in [7, 11) is 0. The highest BCUT2D eigenvalue weighted by molar-refractivity contribution is 7.11. The van der Waals surface area contributed by atoms with Gasteiger partial charge in [0.15, 0.2) is 0 Å². The molecule has 1 aliphatic carbocycles. The lowest BCUT2D eigenvalue weighted by atomic mass is 10.00. The Morgan fingerprint density at radius 2 is 2.38 bits per heavy atom. The first-order chi connectivity index (χ1) is 6.43. The van der Waals surface area contributed by atoms with Gasteiger partial charge in [-0.2, -0.15) is 0 Å². The van der Waals surface area contributed by atoms with Gasteiger partial charge in [-0.05, 0) is 41.8 Å². The minimum atomic E-state index is 0.817. The minimum absolute atomic E-state index is 0.817. The first-order valence-electron chi connectivity index (χ1n) is 4.89. The number of hydrogen-bond donors (Lipinski definition) is 1. The molecule has 0 aromatic carbocycles. The molecule has 0 saturated carbocycles. The molecule has 1 aliphatic heterocycles. The Morgan fingerprint density at radius 3 is 3.15 bits per heavy atom. The summed E-state index contributed by atoms with van der Waals surface area (Å²) in [5.41, 5.74) is 1.59. The average Bonchev–Trinajstić information content (AvgIpc) is 2.78. The predicted octanol–water partition coefficient (Wildman–Crippen LogP) is 2.37. The second kappa shape index (κ2) is 2.96. The third kappa shape index (κ3) is 1.25. The zero-order valence-corrected chi connectivity index (χ0v) is 8.31.